The molecular weight excluding hydrogens is 212 g/mol. The molecule has 0 saturated carbocycles. The number of hydrogen-bond acceptors (Lipinski definition) is 2. The minimum atomic E-state index is -0.0221. The minimum absolute atomic E-state index is 0.0221. The van der Waals surface area contributed by atoms with Gasteiger partial charge in [0.1, 0.15) is 0 Å². The molecule has 2 rings (SSSR count). The topological polar surface area (TPSA) is 32.3 Å². The minimum Gasteiger partial charge on any atom is -0.326 e. The van der Waals surface area contributed by atoms with E-state index in [1.165, 1.54) is 32.0 Å². The Hall–Kier alpha value is -1.35. The molecule has 92 valence electrons. The van der Waals surface area contributed by atoms with Gasteiger partial charge in [0.25, 0.3) is 0 Å². The lowest BCUT2D eigenvalue weighted by molar-refractivity contribution is -0.114. The first kappa shape index (κ1) is 12.1. The van der Waals surface area contributed by atoms with Crippen molar-refractivity contribution in [1.29, 1.82) is 0 Å². The van der Waals surface area contributed by atoms with Crippen molar-refractivity contribution in [3.05, 3.63) is 29.8 Å². The van der Waals surface area contributed by atoms with Crippen LogP contribution < -0.4 is 5.32 Å². The number of hydrogen-bond donors (Lipinski definition) is 1. The van der Waals surface area contributed by atoms with Crippen LogP contribution in [0, 0.1) is 5.92 Å². The van der Waals surface area contributed by atoms with Gasteiger partial charge in [-0.05, 0) is 36.6 Å². The van der Waals surface area contributed by atoms with Crippen molar-refractivity contribution < 1.29 is 4.79 Å². The van der Waals surface area contributed by atoms with Gasteiger partial charge >= 0.3 is 0 Å². The summed E-state index contributed by atoms with van der Waals surface area (Å²) in [6.45, 7) is 7.26. The summed E-state index contributed by atoms with van der Waals surface area (Å²) in [5.41, 5.74) is 2.18. The maximum Gasteiger partial charge on any atom is 0.221 e. The van der Waals surface area contributed by atoms with Gasteiger partial charge in [0.15, 0.2) is 0 Å². The number of carbonyl (C=O) groups is 1. The molecule has 3 heteroatoms. The van der Waals surface area contributed by atoms with Gasteiger partial charge in [0, 0.05) is 25.7 Å². The molecule has 1 aliphatic rings. The average molecular weight is 232 g/mol. The van der Waals surface area contributed by atoms with Gasteiger partial charge < -0.3 is 5.32 Å². The van der Waals surface area contributed by atoms with Crippen molar-refractivity contribution in [3.8, 4) is 0 Å². The van der Waals surface area contributed by atoms with Crippen LogP contribution in [0.4, 0.5) is 5.69 Å². The van der Waals surface area contributed by atoms with Crippen molar-refractivity contribution in [3.63, 3.8) is 0 Å². The van der Waals surface area contributed by atoms with Crippen LogP contribution in [0.5, 0.6) is 0 Å². The Morgan fingerprint density at radius 2 is 2.12 bits per heavy atom. The second-order valence-electron chi connectivity index (χ2n) is 5.01. The first-order chi connectivity index (χ1) is 8.13. The molecule has 1 aliphatic heterocycles. The van der Waals surface area contributed by atoms with Crippen LogP contribution in [-0.4, -0.2) is 23.9 Å². The third-order valence-electron chi connectivity index (χ3n) is 3.19. The van der Waals surface area contributed by atoms with E-state index < -0.39 is 0 Å². The van der Waals surface area contributed by atoms with Crippen LogP contribution in [0.3, 0.4) is 0 Å². The number of nitrogens with zero attached hydrogens (tertiary/aromatic N) is 1. The fourth-order valence-electron chi connectivity index (χ4n) is 2.32. The quantitative estimate of drug-likeness (QED) is 0.868. The Labute approximate surface area is 103 Å². The fraction of sp³-hybridized carbons (Fsp3) is 0.500. The van der Waals surface area contributed by atoms with Gasteiger partial charge in [-0.2, -0.15) is 0 Å². The second kappa shape index (κ2) is 5.32. The lowest BCUT2D eigenvalue weighted by atomic mass is 10.2. The van der Waals surface area contributed by atoms with Crippen molar-refractivity contribution in [2.75, 3.05) is 18.4 Å². The normalized spacial score (nSPS) is 20.5. The molecule has 1 saturated heterocycles. The van der Waals surface area contributed by atoms with E-state index in [0.29, 0.717) is 0 Å². The Bertz CT molecular complexity index is 386. The lowest BCUT2D eigenvalue weighted by Crippen LogP contribution is -2.19. The summed E-state index contributed by atoms with van der Waals surface area (Å²) in [5, 5.41) is 2.78. The van der Waals surface area contributed by atoms with Crippen LogP contribution in [0.15, 0.2) is 24.3 Å². The molecule has 3 nitrogen and oxygen atoms in total. The van der Waals surface area contributed by atoms with Gasteiger partial charge in [-0.15, -0.1) is 0 Å². The van der Waals surface area contributed by atoms with E-state index in [-0.39, 0.29) is 5.91 Å². The predicted molar refractivity (Wildman–Crippen MR) is 69.8 cm³/mol. The van der Waals surface area contributed by atoms with Crippen molar-refractivity contribution in [2.45, 2.75) is 26.8 Å². The van der Waals surface area contributed by atoms with Crippen LogP contribution in [0.2, 0.25) is 0 Å². The molecule has 0 unspecified atom stereocenters. The number of likely N-dealkylation sites (tertiary alicyclic amines) is 1. The Morgan fingerprint density at radius 3 is 2.65 bits per heavy atom. The molecule has 17 heavy (non-hydrogen) atoms. The highest BCUT2D eigenvalue weighted by atomic mass is 16.1. The first-order valence-electron chi connectivity index (χ1n) is 6.22. The molecule has 1 atom stereocenters. The molecule has 1 amide bonds. The monoisotopic (exact) mass is 232 g/mol. The summed E-state index contributed by atoms with van der Waals surface area (Å²) in [6, 6.07) is 8.12. The zero-order valence-electron chi connectivity index (χ0n) is 10.6. The Morgan fingerprint density at radius 1 is 1.41 bits per heavy atom. The van der Waals surface area contributed by atoms with Gasteiger partial charge in [-0.25, -0.2) is 0 Å². The molecular formula is C14H20N2O. The Balaban J connectivity index is 1.91. The molecule has 0 aliphatic carbocycles. The van der Waals surface area contributed by atoms with E-state index in [1.54, 1.807) is 0 Å². The fourth-order valence-corrected chi connectivity index (χ4v) is 2.32. The van der Waals surface area contributed by atoms with Crippen LogP contribution in [0.25, 0.3) is 0 Å². The summed E-state index contributed by atoms with van der Waals surface area (Å²) in [7, 11) is 0. The first-order valence-corrected chi connectivity index (χ1v) is 6.22. The SMILES string of the molecule is CC(=O)Nc1ccc(CN2CC[C@@H](C)C2)cc1. The van der Waals surface area contributed by atoms with Crippen molar-refractivity contribution in [2.24, 2.45) is 5.92 Å². The van der Waals surface area contributed by atoms with E-state index in [2.05, 4.69) is 29.3 Å². The summed E-state index contributed by atoms with van der Waals surface area (Å²) >= 11 is 0. The average Bonchev–Trinajstić information content (AvgIpc) is 2.66. The molecule has 0 spiro atoms. The van der Waals surface area contributed by atoms with Crippen molar-refractivity contribution >= 4 is 11.6 Å². The number of amides is 1. The number of nitrogens with one attached hydrogen (secondary N) is 1. The highest BCUT2D eigenvalue weighted by Crippen LogP contribution is 2.18. The third-order valence-corrected chi connectivity index (χ3v) is 3.19. The van der Waals surface area contributed by atoms with Crippen molar-refractivity contribution in [1.82, 2.24) is 4.90 Å². The number of rotatable bonds is 3. The summed E-state index contributed by atoms with van der Waals surface area (Å²) in [4.78, 5) is 13.4. The maximum absolute atomic E-state index is 10.9. The lowest BCUT2D eigenvalue weighted by Gasteiger charge is -2.15. The highest BCUT2D eigenvalue weighted by molar-refractivity contribution is 5.88. The number of anilines is 1. The van der Waals surface area contributed by atoms with E-state index in [1.807, 2.05) is 12.1 Å². The zero-order valence-corrected chi connectivity index (χ0v) is 10.6. The summed E-state index contributed by atoms with van der Waals surface area (Å²) < 4.78 is 0. The van der Waals surface area contributed by atoms with Gasteiger partial charge in [-0.1, -0.05) is 19.1 Å². The summed E-state index contributed by atoms with van der Waals surface area (Å²) in [5.74, 6) is 0.805. The maximum atomic E-state index is 10.9. The molecule has 1 aromatic carbocycles. The molecule has 1 heterocycles. The summed E-state index contributed by atoms with van der Waals surface area (Å²) in [6.07, 6.45) is 1.31. The molecule has 0 radical (unpaired) electrons. The predicted octanol–water partition coefficient (Wildman–Crippen LogP) is 2.49. The van der Waals surface area contributed by atoms with E-state index >= 15 is 0 Å². The molecule has 1 N–H and O–H groups in total. The smallest absolute Gasteiger partial charge is 0.221 e. The Kier molecular flexibility index (Phi) is 3.79. The molecule has 1 aromatic rings. The van der Waals surface area contributed by atoms with Gasteiger partial charge in [0.05, 0.1) is 0 Å². The third kappa shape index (κ3) is 3.56. The van der Waals surface area contributed by atoms with E-state index in [4.69, 9.17) is 0 Å². The molecule has 1 fully saturated rings. The molecule has 0 aromatic heterocycles. The van der Waals surface area contributed by atoms with Gasteiger partial charge in [-0.3, -0.25) is 9.69 Å². The standard InChI is InChI=1S/C14H20N2O/c1-11-7-8-16(9-11)10-13-3-5-14(6-4-13)15-12(2)17/h3-6,11H,7-10H2,1-2H3,(H,15,17)/t11-/m1/s1. The largest absolute Gasteiger partial charge is 0.326 e. The number of benzene rings is 1. The molecule has 0 bridgehead atoms. The van der Waals surface area contributed by atoms with Crippen LogP contribution >= 0.6 is 0 Å². The number of carbonyl (C=O) groups excluding carboxylic acids is 1. The van der Waals surface area contributed by atoms with Crippen LogP contribution in [0.1, 0.15) is 25.8 Å². The van der Waals surface area contributed by atoms with E-state index in [0.717, 1.165) is 18.2 Å². The van der Waals surface area contributed by atoms with Crippen LogP contribution in [-0.2, 0) is 11.3 Å². The van der Waals surface area contributed by atoms with Gasteiger partial charge in [0.2, 0.25) is 5.91 Å². The van der Waals surface area contributed by atoms with E-state index in [9.17, 15) is 4.79 Å². The zero-order chi connectivity index (χ0) is 12.3. The highest BCUT2D eigenvalue weighted by Gasteiger charge is 2.18. The second-order valence-corrected chi connectivity index (χ2v) is 5.01.